The second-order valence-corrected chi connectivity index (χ2v) is 6.07. The highest BCUT2D eigenvalue weighted by molar-refractivity contribution is 6.15. The normalized spacial score (nSPS) is 17.3. The van der Waals surface area contributed by atoms with Crippen LogP contribution in [-0.4, -0.2) is 17.7 Å². The van der Waals surface area contributed by atoms with Crippen LogP contribution in [0, 0.1) is 6.92 Å². The molecule has 1 aromatic carbocycles. The van der Waals surface area contributed by atoms with Gasteiger partial charge in [0.1, 0.15) is 0 Å². The van der Waals surface area contributed by atoms with E-state index in [1.807, 2.05) is 0 Å². The highest BCUT2D eigenvalue weighted by Crippen LogP contribution is 2.40. The Morgan fingerprint density at radius 1 is 0.963 bits per heavy atom. The molecule has 11 heteroatoms. The average Bonchev–Trinajstić information content (AvgIpc) is 2.44. The van der Waals surface area contributed by atoms with Crippen molar-refractivity contribution >= 4 is 17.6 Å². The number of hydrogen-bond acceptors (Lipinski definition) is 5. The van der Waals surface area contributed by atoms with E-state index in [0.29, 0.717) is 12.3 Å². The Balaban J connectivity index is 2.47. The number of alkyl halides is 6. The lowest BCUT2D eigenvalue weighted by atomic mass is 10.0. The summed E-state index contributed by atoms with van der Waals surface area (Å²) in [5, 5.41) is 2.13. The minimum absolute atomic E-state index is 0.0146. The predicted molar refractivity (Wildman–Crippen MR) is 79.2 cm³/mol. The van der Waals surface area contributed by atoms with Crippen molar-refractivity contribution in [2.24, 2.45) is 0 Å². The molecule has 1 N–H and O–H groups in total. The van der Waals surface area contributed by atoms with E-state index in [1.54, 1.807) is 0 Å². The van der Waals surface area contributed by atoms with Crippen LogP contribution in [0.25, 0.3) is 0 Å². The molecule has 0 atom stereocenters. The number of carbonyl (C=O) groups excluding carboxylic acids is 2. The summed E-state index contributed by atoms with van der Waals surface area (Å²) >= 11 is 0. The maximum Gasteiger partial charge on any atom is 0.416 e. The van der Waals surface area contributed by atoms with Gasteiger partial charge in [0.2, 0.25) is 0 Å². The molecule has 0 aromatic heterocycles. The first-order valence-corrected chi connectivity index (χ1v) is 7.34. The van der Waals surface area contributed by atoms with Crippen molar-refractivity contribution in [3.05, 3.63) is 40.6 Å². The summed E-state index contributed by atoms with van der Waals surface area (Å²) < 4.78 is 87.4. The molecule has 1 saturated heterocycles. The minimum atomic E-state index is -5.04. The fourth-order valence-corrected chi connectivity index (χ4v) is 2.25. The summed E-state index contributed by atoms with van der Waals surface area (Å²) in [6.45, 7) is 3.50. The third-order valence-electron chi connectivity index (χ3n) is 3.53. The maximum atomic E-state index is 13.0. The van der Waals surface area contributed by atoms with Gasteiger partial charge in [-0.15, -0.1) is 0 Å². The quantitative estimate of drug-likeness (QED) is 0.351. The van der Waals surface area contributed by atoms with Crippen LogP contribution in [0.3, 0.4) is 0 Å². The SMILES string of the molecule is Cc1c(NC=C2C(=O)OC(C)(C)OC2=O)cc(C(F)(F)F)cc1C(F)(F)F. The molecule has 1 aliphatic heterocycles. The Morgan fingerprint density at radius 3 is 1.93 bits per heavy atom. The third-order valence-corrected chi connectivity index (χ3v) is 3.53. The zero-order valence-corrected chi connectivity index (χ0v) is 14.1. The Kier molecular flexibility index (Phi) is 4.93. The van der Waals surface area contributed by atoms with Gasteiger partial charge in [-0.05, 0) is 24.6 Å². The summed E-state index contributed by atoms with van der Waals surface area (Å²) in [6, 6.07) is 0.421. The minimum Gasteiger partial charge on any atom is -0.419 e. The van der Waals surface area contributed by atoms with Crippen LogP contribution in [0.15, 0.2) is 23.9 Å². The number of anilines is 1. The van der Waals surface area contributed by atoms with Crippen molar-refractivity contribution in [3.8, 4) is 0 Å². The summed E-state index contributed by atoms with van der Waals surface area (Å²) in [6.07, 6.45) is -9.44. The van der Waals surface area contributed by atoms with Crippen LogP contribution in [0.4, 0.5) is 32.0 Å². The van der Waals surface area contributed by atoms with Crippen LogP contribution < -0.4 is 5.32 Å². The van der Waals surface area contributed by atoms with Crippen LogP contribution in [-0.2, 0) is 31.4 Å². The summed E-state index contributed by atoms with van der Waals surface area (Å²) in [5.74, 6) is -3.81. The lowest BCUT2D eigenvalue weighted by molar-refractivity contribution is -0.222. The standard InChI is InChI=1S/C16H13F6NO4/c1-7-10(16(20,21)22)4-8(15(17,18)19)5-11(7)23-6-9-12(24)26-14(2,3)27-13(9)25/h4-6,23H,1-3H3. The Hall–Kier alpha value is -2.72. The number of halogens is 6. The van der Waals surface area contributed by atoms with Crippen LogP contribution in [0.5, 0.6) is 0 Å². The topological polar surface area (TPSA) is 64.6 Å². The van der Waals surface area contributed by atoms with Crippen molar-refractivity contribution in [1.82, 2.24) is 0 Å². The molecule has 0 amide bonds. The Labute approximate surface area is 148 Å². The van der Waals surface area contributed by atoms with Gasteiger partial charge in [0.05, 0.1) is 11.1 Å². The summed E-state index contributed by atoms with van der Waals surface area (Å²) in [5.41, 5.74) is -4.90. The van der Waals surface area contributed by atoms with Gasteiger partial charge in [-0.25, -0.2) is 9.59 Å². The molecule has 1 aromatic rings. The number of carbonyl (C=O) groups is 2. The molecule has 1 heterocycles. The monoisotopic (exact) mass is 397 g/mol. The molecule has 0 spiro atoms. The van der Waals surface area contributed by atoms with E-state index in [2.05, 4.69) is 5.32 Å². The number of ether oxygens (including phenoxy) is 2. The first-order chi connectivity index (χ1) is 12.1. The van der Waals surface area contributed by atoms with E-state index < -0.39 is 58.0 Å². The number of rotatable bonds is 2. The molecule has 0 radical (unpaired) electrons. The Bertz CT molecular complexity index is 801. The van der Waals surface area contributed by atoms with Crippen molar-refractivity contribution in [2.45, 2.75) is 38.9 Å². The lowest BCUT2D eigenvalue weighted by Crippen LogP contribution is -2.42. The van der Waals surface area contributed by atoms with Gasteiger partial charge in [0.25, 0.3) is 5.79 Å². The summed E-state index contributed by atoms with van der Waals surface area (Å²) in [7, 11) is 0. The molecule has 0 bridgehead atoms. The molecule has 1 fully saturated rings. The smallest absolute Gasteiger partial charge is 0.416 e. The van der Waals surface area contributed by atoms with E-state index in [-0.39, 0.29) is 6.07 Å². The fourth-order valence-electron chi connectivity index (χ4n) is 2.25. The van der Waals surface area contributed by atoms with Crippen molar-refractivity contribution in [3.63, 3.8) is 0 Å². The number of cyclic esters (lactones) is 2. The van der Waals surface area contributed by atoms with Crippen molar-refractivity contribution in [1.29, 1.82) is 0 Å². The second kappa shape index (κ2) is 6.46. The van der Waals surface area contributed by atoms with Crippen LogP contribution >= 0.6 is 0 Å². The van der Waals surface area contributed by atoms with Gasteiger partial charge in [-0.3, -0.25) is 0 Å². The van der Waals surface area contributed by atoms with Crippen LogP contribution in [0.1, 0.15) is 30.5 Å². The molecule has 0 unspecified atom stereocenters. The van der Waals surface area contributed by atoms with E-state index in [1.165, 1.54) is 13.8 Å². The predicted octanol–water partition coefficient (Wildman–Crippen LogP) is 4.16. The van der Waals surface area contributed by atoms with Crippen molar-refractivity contribution in [2.75, 3.05) is 5.32 Å². The van der Waals surface area contributed by atoms with Gasteiger partial charge in [-0.2, -0.15) is 26.3 Å². The number of esters is 2. The van der Waals surface area contributed by atoms with E-state index in [9.17, 15) is 35.9 Å². The first-order valence-electron chi connectivity index (χ1n) is 7.34. The number of hydrogen-bond donors (Lipinski definition) is 1. The zero-order valence-electron chi connectivity index (χ0n) is 14.1. The van der Waals surface area contributed by atoms with Gasteiger partial charge >= 0.3 is 24.3 Å². The molecule has 1 aliphatic rings. The molecule has 2 rings (SSSR count). The zero-order chi connectivity index (χ0) is 20.8. The maximum absolute atomic E-state index is 13.0. The average molecular weight is 397 g/mol. The molecule has 148 valence electrons. The van der Waals surface area contributed by atoms with Crippen LogP contribution in [0.2, 0.25) is 0 Å². The first kappa shape index (κ1) is 20.6. The summed E-state index contributed by atoms with van der Waals surface area (Å²) in [4.78, 5) is 23.6. The van der Waals surface area contributed by atoms with E-state index in [4.69, 9.17) is 9.47 Å². The molecular weight excluding hydrogens is 384 g/mol. The number of nitrogens with one attached hydrogen (secondary N) is 1. The fraction of sp³-hybridized carbons (Fsp3) is 0.375. The lowest BCUT2D eigenvalue weighted by Gasteiger charge is -2.29. The van der Waals surface area contributed by atoms with Gasteiger partial charge in [-0.1, -0.05) is 0 Å². The van der Waals surface area contributed by atoms with Gasteiger partial charge in [0, 0.05) is 25.7 Å². The molecular formula is C16H13F6NO4. The molecule has 0 saturated carbocycles. The Morgan fingerprint density at radius 2 is 1.48 bits per heavy atom. The highest BCUT2D eigenvalue weighted by Gasteiger charge is 2.40. The van der Waals surface area contributed by atoms with E-state index >= 15 is 0 Å². The van der Waals surface area contributed by atoms with E-state index in [0.717, 1.165) is 6.92 Å². The molecule has 5 nitrogen and oxygen atoms in total. The second-order valence-electron chi connectivity index (χ2n) is 6.07. The largest absolute Gasteiger partial charge is 0.419 e. The number of benzene rings is 1. The van der Waals surface area contributed by atoms with Gasteiger partial charge in [0.15, 0.2) is 5.57 Å². The highest BCUT2D eigenvalue weighted by atomic mass is 19.4. The van der Waals surface area contributed by atoms with Crippen molar-refractivity contribution < 1.29 is 45.4 Å². The molecule has 27 heavy (non-hydrogen) atoms. The van der Waals surface area contributed by atoms with Gasteiger partial charge < -0.3 is 14.8 Å². The molecule has 0 aliphatic carbocycles. The third kappa shape index (κ3) is 4.52.